The van der Waals surface area contributed by atoms with Gasteiger partial charge >= 0.3 is 0 Å². The van der Waals surface area contributed by atoms with Gasteiger partial charge in [-0.2, -0.15) is 4.57 Å². The lowest BCUT2D eigenvalue weighted by atomic mass is 9.53. The monoisotopic (exact) mass is 570 g/mol. The molecule has 0 spiro atoms. The van der Waals surface area contributed by atoms with Crippen molar-refractivity contribution in [1.82, 2.24) is 21.3 Å². The molecule has 5 rings (SSSR count). The molecule has 4 N–H and O–H groups in total. The molecule has 1 aromatic rings. The van der Waals surface area contributed by atoms with Gasteiger partial charge in [0.2, 0.25) is 0 Å². The summed E-state index contributed by atoms with van der Waals surface area (Å²) in [7, 11) is 0. The van der Waals surface area contributed by atoms with Gasteiger partial charge in [0.1, 0.15) is 0 Å². The van der Waals surface area contributed by atoms with E-state index in [4.69, 9.17) is 0 Å². The number of anilines is 1. The Morgan fingerprint density at radius 3 is 1.61 bits per heavy atom. The highest BCUT2D eigenvalue weighted by molar-refractivity contribution is 5.67. The zero-order chi connectivity index (χ0) is 29.9. The van der Waals surface area contributed by atoms with Crippen molar-refractivity contribution >= 4 is 11.7 Å². The van der Waals surface area contributed by atoms with E-state index in [1.54, 1.807) is 0 Å². The number of pyridine rings is 1. The van der Waals surface area contributed by atoms with Crippen molar-refractivity contribution in [3.05, 3.63) is 24.0 Å². The molecule has 232 valence electrons. The molecule has 1 heterocycles. The van der Waals surface area contributed by atoms with E-state index in [0.29, 0.717) is 24.2 Å². The summed E-state index contributed by atoms with van der Waals surface area (Å²) >= 11 is 0. The van der Waals surface area contributed by atoms with E-state index in [0.717, 1.165) is 42.2 Å². The van der Waals surface area contributed by atoms with Crippen molar-refractivity contribution in [2.75, 3.05) is 18.0 Å². The highest BCUT2D eigenvalue weighted by Gasteiger charge is 2.57. The highest BCUT2D eigenvalue weighted by Crippen LogP contribution is 2.57. The van der Waals surface area contributed by atoms with Crippen molar-refractivity contribution in [3.8, 4) is 0 Å². The summed E-state index contributed by atoms with van der Waals surface area (Å²) < 4.78 is 2.38. The van der Waals surface area contributed by atoms with Crippen LogP contribution in [0.3, 0.4) is 0 Å². The quantitative estimate of drug-likeness (QED) is 0.179. The molecule has 4 bridgehead atoms. The van der Waals surface area contributed by atoms with Crippen LogP contribution in [-0.4, -0.2) is 55.6 Å². The minimum Gasteiger partial charge on any atom is -0.550 e. The van der Waals surface area contributed by atoms with Crippen LogP contribution in [0.1, 0.15) is 99.6 Å². The molecule has 0 amide bonds. The van der Waals surface area contributed by atoms with E-state index in [2.05, 4.69) is 104 Å². The molecule has 8 heteroatoms. The molecular weight excluding hydrogens is 512 g/mol. The molecule has 4 saturated carbocycles. The molecule has 0 saturated heterocycles. The summed E-state index contributed by atoms with van der Waals surface area (Å²) in [4.78, 5) is 14.5. The maximum Gasteiger partial charge on any atom is 0.189 e. The van der Waals surface area contributed by atoms with Crippen molar-refractivity contribution < 1.29 is 14.5 Å². The fraction of sp³-hybridized carbons (Fsp3) is 0.818. The Kier molecular flexibility index (Phi) is 10.8. The van der Waals surface area contributed by atoms with Gasteiger partial charge in [-0.15, -0.1) is 0 Å². The lowest BCUT2D eigenvalue weighted by Crippen LogP contribution is -2.66. The smallest absolute Gasteiger partial charge is 0.189 e. The van der Waals surface area contributed by atoms with Crippen LogP contribution in [0.25, 0.3) is 0 Å². The third kappa shape index (κ3) is 8.65. The predicted octanol–water partition coefficient (Wildman–Crippen LogP) is 2.64. The fourth-order valence-corrected chi connectivity index (χ4v) is 8.48. The maximum atomic E-state index is 12.1. The maximum absolute atomic E-state index is 12.1. The normalized spacial score (nSPS) is 25.6. The number of carbonyl (C=O) groups is 1. The second kappa shape index (κ2) is 13.7. The number of aliphatic carboxylic acids is 1. The summed E-state index contributed by atoms with van der Waals surface area (Å²) in [5.41, 5.74) is 2.00. The fourth-order valence-electron chi connectivity index (χ4n) is 8.48. The standard InChI is InChI=1S/C33H58N6O2/c1-21(2)34-30(35-22(3)4)19-38(20-31(36-23(5)6)37-24(7)8)28-9-10-39(29(14-28)15-32(40)41)33-16-25-11-26(17-33)13-27(12-25)18-33/h9-10,14,21-27,30-31,34-37H,11-13,15-20H2,1-8H3. The summed E-state index contributed by atoms with van der Waals surface area (Å²) in [5, 5.41) is 26.9. The molecule has 0 radical (unpaired) electrons. The van der Waals surface area contributed by atoms with Crippen molar-refractivity contribution in [2.45, 2.75) is 142 Å². The predicted molar refractivity (Wildman–Crippen MR) is 164 cm³/mol. The number of carboxylic acid groups (broad SMARTS) is 1. The largest absolute Gasteiger partial charge is 0.550 e. The lowest BCUT2D eigenvalue weighted by molar-refractivity contribution is -0.782. The minimum absolute atomic E-state index is 0.0563. The topological polar surface area (TPSA) is 95.4 Å². The molecule has 1 aromatic heterocycles. The molecule has 4 fully saturated rings. The second-order valence-electron chi connectivity index (χ2n) is 14.7. The number of carboxylic acids is 1. The van der Waals surface area contributed by atoms with Gasteiger partial charge in [0.05, 0.1) is 24.7 Å². The van der Waals surface area contributed by atoms with E-state index >= 15 is 0 Å². The molecule has 4 aliphatic carbocycles. The van der Waals surface area contributed by atoms with E-state index < -0.39 is 5.97 Å². The first-order valence-corrected chi connectivity index (χ1v) is 16.4. The van der Waals surface area contributed by atoms with Gasteiger partial charge in [0, 0.05) is 74.3 Å². The Morgan fingerprint density at radius 2 is 1.24 bits per heavy atom. The average molecular weight is 571 g/mol. The second-order valence-corrected chi connectivity index (χ2v) is 14.7. The van der Waals surface area contributed by atoms with Gasteiger partial charge < -0.3 is 14.8 Å². The Hall–Kier alpha value is -1.74. The average Bonchev–Trinajstić information content (AvgIpc) is 2.80. The molecule has 4 aliphatic rings. The number of aromatic nitrogens is 1. The third-order valence-electron chi connectivity index (χ3n) is 9.17. The number of hydrogen-bond donors (Lipinski definition) is 4. The number of rotatable bonds is 16. The number of nitrogens with zero attached hydrogens (tertiary/aromatic N) is 2. The van der Waals surface area contributed by atoms with Gasteiger partial charge in [-0.05, 0) is 92.4 Å². The van der Waals surface area contributed by atoms with Crippen molar-refractivity contribution in [2.24, 2.45) is 17.8 Å². The molecule has 0 aliphatic heterocycles. The molecule has 8 nitrogen and oxygen atoms in total. The van der Waals surface area contributed by atoms with Gasteiger partial charge in [-0.3, -0.25) is 21.3 Å². The van der Waals surface area contributed by atoms with E-state index in [1.165, 1.54) is 38.5 Å². The van der Waals surface area contributed by atoms with Gasteiger partial charge in [-0.1, -0.05) is 0 Å². The van der Waals surface area contributed by atoms with Gasteiger partial charge in [0.15, 0.2) is 17.4 Å². The van der Waals surface area contributed by atoms with E-state index in [9.17, 15) is 9.90 Å². The number of nitrogens with one attached hydrogen (secondary N) is 4. The molecule has 0 atom stereocenters. The van der Waals surface area contributed by atoms with Crippen LogP contribution in [0.5, 0.6) is 0 Å². The highest BCUT2D eigenvalue weighted by atomic mass is 16.4. The summed E-state index contributed by atoms with van der Waals surface area (Å²) in [6.45, 7) is 18.9. The molecule has 0 unspecified atom stereocenters. The van der Waals surface area contributed by atoms with E-state index in [1.807, 2.05) is 0 Å². The lowest BCUT2D eigenvalue weighted by Gasteiger charge is -2.53. The SMILES string of the molecule is CC(C)NC(CN(CC(NC(C)C)NC(C)C)c1cc[n+](C23CC4CC(CC(C4)C2)C3)c(CC(=O)[O-])c1)NC(C)C. The Bertz CT molecular complexity index is 928. The molecule has 0 aromatic carbocycles. The van der Waals surface area contributed by atoms with Crippen LogP contribution in [0.4, 0.5) is 5.69 Å². The van der Waals surface area contributed by atoms with Crippen LogP contribution in [-0.2, 0) is 16.8 Å². The van der Waals surface area contributed by atoms with Gasteiger partial charge in [0.25, 0.3) is 0 Å². The third-order valence-corrected chi connectivity index (χ3v) is 9.17. The molecule has 41 heavy (non-hydrogen) atoms. The van der Waals surface area contributed by atoms with E-state index in [-0.39, 0.29) is 24.3 Å². The number of hydrogen-bond acceptors (Lipinski definition) is 7. The first-order valence-electron chi connectivity index (χ1n) is 16.4. The van der Waals surface area contributed by atoms with Gasteiger partial charge in [-0.25, -0.2) is 0 Å². The minimum atomic E-state index is -1.01. The summed E-state index contributed by atoms with van der Waals surface area (Å²) in [6, 6.07) is 5.70. The summed E-state index contributed by atoms with van der Waals surface area (Å²) in [6.07, 6.45) is 9.96. The van der Waals surface area contributed by atoms with Crippen LogP contribution < -0.4 is 35.8 Å². The Morgan fingerprint density at radius 1 is 0.829 bits per heavy atom. The van der Waals surface area contributed by atoms with Crippen LogP contribution in [0, 0.1) is 17.8 Å². The van der Waals surface area contributed by atoms with Crippen LogP contribution >= 0.6 is 0 Å². The summed E-state index contributed by atoms with van der Waals surface area (Å²) in [5.74, 6) is 1.36. The number of carbonyl (C=O) groups excluding carboxylic acids is 1. The van der Waals surface area contributed by atoms with Crippen molar-refractivity contribution in [3.63, 3.8) is 0 Å². The first kappa shape index (κ1) is 32.2. The zero-order valence-corrected chi connectivity index (χ0v) is 27.0. The Balaban J connectivity index is 1.71. The van der Waals surface area contributed by atoms with Crippen LogP contribution in [0.2, 0.25) is 0 Å². The molecular formula is C33H58N6O2. The zero-order valence-electron chi connectivity index (χ0n) is 27.0. The van der Waals surface area contributed by atoms with Crippen molar-refractivity contribution in [1.29, 1.82) is 0 Å². The first-order chi connectivity index (χ1) is 19.3. The van der Waals surface area contributed by atoms with Crippen LogP contribution in [0.15, 0.2) is 18.3 Å². The Labute approximate surface area is 249 Å².